The Hall–Kier alpha value is -3.00. The highest BCUT2D eigenvalue weighted by Crippen LogP contribution is 2.37. The second-order valence-electron chi connectivity index (χ2n) is 5.82. The number of aryl methyl sites for hydroxylation is 2. The minimum atomic E-state index is 0.747. The molecule has 0 unspecified atom stereocenters. The van der Waals surface area contributed by atoms with Gasteiger partial charge in [-0.2, -0.15) is 0 Å². The van der Waals surface area contributed by atoms with Gasteiger partial charge in [0.15, 0.2) is 10.8 Å². The number of ether oxygens (including phenoxy) is 2. The van der Waals surface area contributed by atoms with Crippen molar-refractivity contribution in [3.05, 3.63) is 55.2 Å². The van der Waals surface area contributed by atoms with Crippen molar-refractivity contribution in [2.45, 2.75) is 23.1 Å². The maximum absolute atomic E-state index is 5.50. The van der Waals surface area contributed by atoms with Crippen molar-refractivity contribution >= 4 is 22.9 Å². The van der Waals surface area contributed by atoms with Crippen LogP contribution in [0.1, 0.15) is 0 Å². The summed E-state index contributed by atoms with van der Waals surface area (Å²) in [5.74, 6) is 1.55. The maximum Gasteiger partial charge on any atom is 0.175 e. The summed E-state index contributed by atoms with van der Waals surface area (Å²) in [6.45, 7) is 1.57. The van der Waals surface area contributed by atoms with Gasteiger partial charge in [-0.05, 0) is 42.1 Å². The first-order valence-electron chi connectivity index (χ1n) is 8.45. The number of hydrogen-bond donors (Lipinski definition) is 0. The van der Waals surface area contributed by atoms with Crippen molar-refractivity contribution in [1.29, 1.82) is 0 Å². The number of nitrogens with zero attached hydrogens (tertiary/aromatic N) is 5. The van der Waals surface area contributed by atoms with Crippen LogP contribution in [0.15, 0.2) is 65.3 Å². The van der Waals surface area contributed by atoms with Crippen LogP contribution >= 0.6 is 11.8 Å². The highest BCUT2D eigenvalue weighted by molar-refractivity contribution is 7.99. The molecule has 7 nitrogen and oxygen atoms in total. The largest absolute Gasteiger partial charge is 0.497 e. The zero-order valence-electron chi connectivity index (χ0n) is 15.1. The molecule has 4 rings (SSSR count). The summed E-state index contributed by atoms with van der Waals surface area (Å²) in [7, 11) is 3.31. The minimum absolute atomic E-state index is 0.747. The van der Waals surface area contributed by atoms with E-state index in [1.54, 1.807) is 26.7 Å². The summed E-state index contributed by atoms with van der Waals surface area (Å²) in [6, 6.07) is 9.76. The quantitative estimate of drug-likeness (QED) is 0.488. The number of hydrogen-bond acceptors (Lipinski definition) is 6. The molecule has 4 aromatic rings. The average Bonchev–Trinajstić information content (AvgIpc) is 3.33. The first kappa shape index (κ1) is 17.4. The average molecular weight is 381 g/mol. The molecule has 3 aromatic heterocycles. The van der Waals surface area contributed by atoms with Crippen molar-refractivity contribution in [1.82, 2.24) is 24.1 Å². The van der Waals surface area contributed by atoms with Gasteiger partial charge in [0, 0.05) is 25.5 Å². The topological polar surface area (TPSA) is 67.0 Å². The van der Waals surface area contributed by atoms with Crippen molar-refractivity contribution in [2.24, 2.45) is 0 Å². The molecule has 0 atom stereocenters. The molecule has 0 amide bonds. The van der Waals surface area contributed by atoms with Gasteiger partial charge in [-0.1, -0.05) is 0 Å². The highest BCUT2D eigenvalue weighted by atomic mass is 32.2. The van der Waals surface area contributed by atoms with Gasteiger partial charge in [0.1, 0.15) is 23.3 Å². The molecule has 0 aliphatic carbocycles. The van der Waals surface area contributed by atoms with Gasteiger partial charge >= 0.3 is 0 Å². The highest BCUT2D eigenvalue weighted by Gasteiger charge is 2.16. The lowest BCUT2D eigenvalue weighted by Gasteiger charge is -2.12. The number of benzene rings is 1. The molecule has 0 saturated heterocycles. The second-order valence-corrected chi connectivity index (χ2v) is 6.83. The molecule has 138 valence electrons. The van der Waals surface area contributed by atoms with E-state index in [0.29, 0.717) is 0 Å². The SMILES string of the molecule is COc1ccc(OC)c(Sc2nc3cncnc3n2CCn2cccc2)c1. The van der Waals surface area contributed by atoms with Crippen LogP contribution in [0.4, 0.5) is 0 Å². The Morgan fingerprint density at radius 2 is 1.93 bits per heavy atom. The van der Waals surface area contributed by atoms with E-state index in [1.165, 1.54) is 11.8 Å². The first-order chi connectivity index (χ1) is 13.3. The Labute approximate surface area is 161 Å². The number of rotatable bonds is 7. The minimum Gasteiger partial charge on any atom is -0.497 e. The lowest BCUT2D eigenvalue weighted by Crippen LogP contribution is -2.07. The van der Waals surface area contributed by atoms with E-state index in [1.807, 2.05) is 42.7 Å². The fraction of sp³-hybridized carbons (Fsp3) is 0.211. The van der Waals surface area contributed by atoms with E-state index < -0.39 is 0 Å². The third kappa shape index (κ3) is 3.61. The van der Waals surface area contributed by atoms with E-state index in [9.17, 15) is 0 Å². The van der Waals surface area contributed by atoms with Crippen LogP contribution in [-0.4, -0.2) is 38.3 Å². The van der Waals surface area contributed by atoms with Crippen LogP contribution in [-0.2, 0) is 13.1 Å². The molecule has 8 heteroatoms. The third-order valence-electron chi connectivity index (χ3n) is 4.20. The Morgan fingerprint density at radius 3 is 2.70 bits per heavy atom. The number of imidazole rings is 1. The zero-order valence-corrected chi connectivity index (χ0v) is 15.9. The fourth-order valence-electron chi connectivity index (χ4n) is 2.83. The summed E-state index contributed by atoms with van der Waals surface area (Å²) in [5, 5.41) is 0.837. The molecule has 1 aromatic carbocycles. The molecule has 0 aliphatic heterocycles. The monoisotopic (exact) mass is 381 g/mol. The van der Waals surface area contributed by atoms with Gasteiger partial charge in [-0.3, -0.25) is 0 Å². The fourth-order valence-corrected chi connectivity index (χ4v) is 3.89. The van der Waals surface area contributed by atoms with Gasteiger partial charge in [-0.15, -0.1) is 0 Å². The molecule has 0 fully saturated rings. The van der Waals surface area contributed by atoms with Crippen LogP contribution in [0.3, 0.4) is 0 Å². The lowest BCUT2D eigenvalue weighted by molar-refractivity contribution is 0.394. The van der Waals surface area contributed by atoms with E-state index >= 15 is 0 Å². The molecular formula is C19H19N5O2S. The third-order valence-corrected chi connectivity index (χ3v) is 5.23. The van der Waals surface area contributed by atoms with E-state index in [0.717, 1.165) is 45.8 Å². The van der Waals surface area contributed by atoms with Crippen molar-refractivity contribution in [3.63, 3.8) is 0 Å². The van der Waals surface area contributed by atoms with Crippen LogP contribution < -0.4 is 9.47 Å². The Balaban J connectivity index is 1.71. The maximum atomic E-state index is 5.50. The first-order valence-corrected chi connectivity index (χ1v) is 9.27. The van der Waals surface area contributed by atoms with Crippen molar-refractivity contribution < 1.29 is 9.47 Å². The van der Waals surface area contributed by atoms with E-state index in [2.05, 4.69) is 19.1 Å². The van der Waals surface area contributed by atoms with Crippen molar-refractivity contribution in [2.75, 3.05) is 14.2 Å². The van der Waals surface area contributed by atoms with Crippen LogP contribution in [0, 0.1) is 0 Å². The summed E-state index contributed by atoms with van der Waals surface area (Å²) in [4.78, 5) is 14.2. The predicted molar refractivity (Wildman–Crippen MR) is 103 cm³/mol. The van der Waals surface area contributed by atoms with E-state index in [4.69, 9.17) is 14.5 Å². The van der Waals surface area contributed by atoms with Gasteiger partial charge in [0.25, 0.3) is 0 Å². The lowest BCUT2D eigenvalue weighted by atomic mass is 10.3. The molecule has 3 heterocycles. The number of methoxy groups -OCH3 is 2. The molecule has 0 bridgehead atoms. The molecule has 0 N–H and O–H groups in total. The number of aromatic nitrogens is 5. The summed E-state index contributed by atoms with van der Waals surface area (Å²) >= 11 is 1.53. The molecule has 0 spiro atoms. The van der Waals surface area contributed by atoms with Gasteiger partial charge in [0.2, 0.25) is 0 Å². The number of fused-ring (bicyclic) bond motifs is 1. The molecule has 0 saturated carbocycles. The van der Waals surface area contributed by atoms with Gasteiger partial charge in [0.05, 0.1) is 25.3 Å². The molecular weight excluding hydrogens is 362 g/mol. The standard InChI is InChI=1S/C19H19N5O2S/c1-25-14-5-6-16(26-2)17(11-14)27-19-22-15-12-20-13-21-18(15)24(19)10-9-23-7-3-4-8-23/h3-8,11-13H,9-10H2,1-2H3. The van der Waals surface area contributed by atoms with Crippen molar-refractivity contribution in [3.8, 4) is 11.5 Å². The normalized spacial score (nSPS) is 11.0. The Bertz CT molecular complexity index is 1050. The zero-order chi connectivity index (χ0) is 18.6. The molecule has 0 radical (unpaired) electrons. The Kier molecular flexibility index (Phi) is 4.97. The smallest absolute Gasteiger partial charge is 0.175 e. The summed E-state index contributed by atoms with van der Waals surface area (Å²) in [6.07, 6.45) is 7.39. The van der Waals surface area contributed by atoms with Gasteiger partial charge < -0.3 is 18.6 Å². The van der Waals surface area contributed by atoms with Gasteiger partial charge in [-0.25, -0.2) is 15.0 Å². The van der Waals surface area contributed by atoms with E-state index in [-0.39, 0.29) is 0 Å². The van der Waals surface area contributed by atoms with Crippen LogP contribution in [0.25, 0.3) is 11.2 Å². The second kappa shape index (κ2) is 7.71. The molecule has 0 aliphatic rings. The summed E-state index contributed by atoms with van der Waals surface area (Å²) in [5.41, 5.74) is 1.59. The Morgan fingerprint density at radius 1 is 1.07 bits per heavy atom. The predicted octanol–water partition coefficient (Wildman–Crippen LogP) is 3.50. The summed E-state index contributed by atoms with van der Waals surface area (Å²) < 4.78 is 15.1. The molecule has 27 heavy (non-hydrogen) atoms. The van der Waals surface area contributed by atoms with Crippen LogP contribution in [0.2, 0.25) is 0 Å². The van der Waals surface area contributed by atoms with Crippen LogP contribution in [0.5, 0.6) is 11.5 Å².